The van der Waals surface area contributed by atoms with Gasteiger partial charge in [0.1, 0.15) is 6.04 Å². The highest BCUT2D eigenvalue weighted by Crippen LogP contribution is 2.27. The highest BCUT2D eigenvalue weighted by molar-refractivity contribution is 5.85. The van der Waals surface area contributed by atoms with Crippen molar-refractivity contribution in [2.45, 2.75) is 38.1 Å². The van der Waals surface area contributed by atoms with Crippen molar-refractivity contribution in [1.82, 2.24) is 9.88 Å². The molecule has 1 amide bonds. The molecule has 1 unspecified atom stereocenters. The number of carbonyl (C=O) groups excluding carboxylic acids is 1. The molecule has 0 radical (unpaired) electrons. The quantitative estimate of drug-likeness (QED) is 0.919. The van der Waals surface area contributed by atoms with Crippen LogP contribution in [0.2, 0.25) is 0 Å². The van der Waals surface area contributed by atoms with Crippen molar-refractivity contribution in [3.8, 4) is 0 Å². The lowest BCUT2D eigenvalue weighted by Crippen LogP contribution is -2.51. The number of aromatic nitrogens is 1. The molecule has 1 aromatic rings. The molecular weight excluding hydrogens is 294 g/mol. The molecule has 1 atom stereocenters. The molecule has 6 heteroatoms. The SMILES string of the molecule is O=C(O)C1CCCCN1C(=O)C1CCN(c2ccncc2)CC1. The summed E-state index contributed by atoms with van der Waals surface area (Å²) in [6.45, 7) is 2.23. The van der Waals surface area contributed by atoms with E-state index in [9.17, 15) is 14.7 Å². The average molecular weight is 317 g/mol. The van der Waals surface area contributed by atoms with Gasteiger partial charge in [0.15, 0.2) is 0 Å². The van der Waals surface area contributed by atoms with Gasteiger partial charge in [-0.1, -0.05) is 0 Å². The third-order valence-corrected chi connectivity index (χ3v) is 4.94. The molecule has 0 bridgehead atoms. The molecule has 2 fully saturated rings. The molecule has 1 N–H and O–H groups in total. The summed E-state index contributed by atoms with van der Waals surface area (Å²) in [5.41, 5.74) is 1.13. The van der Waals surface area contributed by atoms with Crippen LogP contribution in [0.4, 0.5) is 5.69 Å². The smallest absolute Gasteiger partial charge is 0.326 e. The zero-order valence-corrected chi connectivity index (χ0v) is 13.2. The Morgan fingerprint density at radius 3 is 2.39 bits per heavy atom. The van der Waals surface area contributed by atoms with Crippen molar-refractivity contribution < 1.29 is 14.7 Å². The number of carboxylic acids is 1. The van der Waals surface area contributed by atoms with E-state index in [4.69, 9.17) is 0 Å². The molecule has 0 aliphatic carbocycles. The summed E-state index contributed by atoms with van der Waals surface area (Å²) < 4.78 is 0. The molecular formula is C17H23N3O3. The molecule has 3 rings (SSSR count). The van der Waals surface area contributed by atoms with Crippen LogP contribution >= 0.6 is 0 Å². The zero-order chi connectivity index (χ0) is 16.2. The predicted molar refractivity (Wildman–Crippen MR) is 86.2 cm³/mol. The van der Waals surface area contributed by atoms with Gasteiger partial charge in [-0.25, -0.2) is 4.79 Å². The number of nitrogens with zero attached hydrogens (tertiary/aromatic N) is 3. The summed E-state index contributed by atoms with van der Waals surface area (Å²) in [5, 5.41) is 9.34. The van der Waals surface area contributed by atoms with Gasteiger partial charge in [-0.3, -0.25) is 9.78 Å². The zero-order valence-electron chi connectivity index (χ0n) is 13.2. The maximum Gasteiger partial charge on any atom is 0.326 e. The van der Waals surface area contributed by atoms with Crippen LogP contribution in [0.15, 0.2) is 24.5 Å². The Morgan fingerprint density at radius 2 is 1.74 bits per heavy atom. The average Bonchev–Trinajstić information content (AvgIpc) is 2.62. The van der Waals surface area contributed by atoms with Crippen molar-refractivity contribution in [1.29, 1.82) is 0 Å². The second kappa shape index (κ2) is 6.98. The van der Waals surface area contributed by atoms with Crippen LogP contribution < -0.4 is 4.90 Å². The number of aliphatic carboxylic acids is 1. The molecule has 0 spiro atoms. The molecule has 23 heavy (non-hydrogen) atoms. The summed E-state index contributed by atoms with van der Waals surface area (Å²) in [6.07, 6.45) is 7.49. The fraction of sp³-hybridized carbons (Fsp3) is 0.588. The van der Waals surface area contributed by atoms with Gasteiger partial charge in [0.25, 0.3) is 0 Å². The lowest BCUT2D eigenvalue weighted by Gasteiger charge is -2.38. The maximum absolute atomic E-state index is 12.7. The number of anilines is 1. The number of amides is 1. The standard InChI is InChI=1S/C17H23N3O3/c21-16(20-10-2-1-3-15(20)17(22)23)13-6-11-19(12-7-13)14-4-8-18-9-5-14/h4-5,8-9,13,15H,1-3,6-7,10-12H2,(H,22,23). The van der Waals surface area contributed by atoms with E-state index in [-0.39, 0.29) is 11.8 Å². The molecule has 2 aliphatic heterocycles. The van der Waals surface area contributed by atoms with E-state index >= 15 is 0 Å². The fourth-order valence-electron chi connectivity index (χ4n) is 3.63. The minimum atomic E-state index is -0.868. The monoisotopic (exact) mass is 317 g/mol. The van der Waals surface area contributed by atoms with Gasteiger partial charge >= 0.3 is 5.97 Å². The number of hydrogen-bond donors (Lipinski definition) is 1. The molecule has 3 heterocycles. The highest BCUT2D eigenvalue weighted by atomic mass is 16.4. The van der Waals surface area contributed by atoms with E-state index in [2.05, 4.69) is 9.88 Å². The first-order valence-corrected chi connectivity index (χ1v) is 8.35. The van der Waals surface area contributed by atoms with Crippen molar-refractivity contribution in [2.24, 2.45) is 5.92 Å². The summed E-state index contributed by atoms with van der Waals surface area (Å²) in [6, 6.07) is 3.33. The topological polar surface area (TPSA) is 73.7 Å². The Labute approximate surface area is 136 Å². The van der Waals surface area contributed by atoms with E-state index < -0.39 is 12.0 Å². The molecule has 1 aromatic heterocycles. The summed E-state index contributed by atoms with van der Waals surface area (Å²) >= 11 is 0. The van der Waals surface area contributed by atoms with Crippen LogP contribution in [0, 0.1) is 5.92 Å². The number of likely N-dealkylation sites (tertiary alicyclic amines) is 1. The van der Waals surface area contributed by atoms with Crippen LogP contribution in [0.25, 0.3) is 0 Å². The van der Waals surface area contributed by atoms with E-state index in [1.165, 1.54) is 0 Å². The number of hydrogen-bond acceptors (Lipinski definition) is 4. The third kappa shape index (κ3) is 3.46. The van der Waals surface area contributed by atoms with Crippen LogP contribution in [0.3, 0.4) is 0 Å². The minimum Gasteiger partial charge on any atom is -0.480 e. The maximum atomic E-state index is 12.7. The molecule has 2 aliphatic rings. The second-order valence-corrected chi connectivity index (χ2v) is 6.35. The first-order valence-electron chi connectivity index (χ1n) is 8.35. The summed E-state index contributed by atoms with van der Waals surface area (Å²) in [4.78, 5) is 32.0. The van der Waals surface area contributed by atoms with Gasteiger partial charge in [0.05, 0.1) is 0 Å². The highest BCUT2D eigenvalue weighted by Gasteiger charge is 2.36. The number of carbonyl (C=O) groups is 2. The van der Waals surface area contributed by atoms with Gasteiger partial charge < -0.3 is 14.9 Å². The second-order valence-electron chi connectivity index (χ2n) is 6.35. The Hall–Kier alpha value is -2.11. The largest absolute Gasteiger partial charge is 0.480 e. The van der Waals surface area contributed by atoms with Crippen molar-refractivity contribution in [2.75, 3.05) is 24.5 Å². The number of carboxylic acid groups (broad SMARTS) is 1. The van der Waals surface area contributed by atoms with E-state index in [1.807, 2.05) is 12.1 Å². The van der Waals surface area contributed by atoms with Crippen LogP contribution in [-0.2, 0) is 9.59 Å². The lowest BCUT2D eigenvalue weighted by atomic mass is 9.92. The lowest BCUT2D eigenvalue weighted by molar-refractivity contribution is -0.154. The Bertz CT molecular complexity index is 555. The molecule has 124 valence electrons. The molecule has 0 aromatic carbocycles. The Kier molecular flexibility index (Phi) is 4.79. The Balaban J connectivity index is 1.60. The summed E-state index contributed by atoms with van der Waals surface area (Å²) in [7, 11) is 0. The van der Waals surface area contributed by atoms with E-state index in [1.54, 1.807) is 17.3 Å². The van der Waals surface area contributed by atoms with Crippen molar-refractivity contribution >= 4 is 17.6 Å². The Morgan fingerprint density at radius 1 is 1.04 bits per heavy atom. The van der Waals surface area contributed by atoms with Gasteiger partial charge in [-0.05, 0) is 44.2 Å². The van der Waals surface area contributed by atoms with E-state index in [0.29, 0.717) is 13.0 Å². The first kappa shape index (κ1) is 15.8. The molecule has 6 nitrogen and oxygen atoms in total. The van der Waals surface area contributed by atoms with Crippen LogP contribution in [0.5, 0.6) is 0 Å². The first-order chi connectivity index (χ1) is 11.2. The normalized spacial score (nSPS) is 22.9. The summed E-state index contributed by atoms with van der Waals surface area (Å²) in [5.74, 6) is -0.883. The fourth-order valence-corrected chi connectivity index (χ4v) is 3.63. The van der Waals surface area contributed by atoms with Crippen LogP contribution in [-0.4, -0.2) is 52.5 Å². The van der Waals surface area contributed by atoms with Gasteiger partial charge in [0, 0.05) is 43.6 Å². The predicted octanol–water partition coefficient (Wildman–Crippen LogP) is 1.76. The van der Waals surface area contributed by atoms with Gasteiger partial charge in [0.2, 0.25) is 5.91 Å². The number of rotatable bonds is 3. The number of pyridine rings is 1. The van der Waals surface area contributed by atoms with Gasteiger partial charge in [-0.2, -0.15) is 0 Å². The van der Waals surface area contributed by atoms with Crippen molar-refractivity contribution in [3.05, 3.63) is 24.5 Å². The third-order valence-electron chi connectivity index (χ3n) is 4.94. The molecule has 2 saturated heterocycles. The van der Waals surface area contributed by atoms with Crippen molar-refractivity contribution in [3.63, 3.8) is 0 Å². The van der Waals surface area contributed by atoms with Gasteiger partial charge in [-0.15, -0.1) is 0 Å². The van der Waals surface area contributed by atoms with Crippen LogP contribution in [0.1, 0.15) is 32.1 Å². The molecule has 0 saturated carbocycles. The minimum absolute atomic E-state index is 0.0338. The van der Waals surface area contributed by atoms with E-state index in [0.717, 1.165) is 44.5 Å². The number of piperidine rings is 2.